The molecule has 19 heavy (non-hydrogen) atoms. The number of hydrogen-bond donors (Lipinski definition) is 0. The third-order valence-electron chi connectivity index (χ3n) is 3.42. The highest BCUT2D eigenvalue weighted by Crippen LogP contribution is 2.21. The van der Waals surface area contributed by atoms with Crippen LogP contribution in [0.2, 0.25) is 5.15 Å². The van der Waals surface area contributed by atoms with E-state index < -0.39 is 10.0 Å². The van der Waals surface area contributed by atoms with Gasteiger partial charge < -0.3 is 9.47 Å². The van der Waals surface area contributed by atoms with Gasteiger partial charge in [0.15, 0.2) is 0 Å². The molecule has 108 valence electrons. The third-order valence-corrected chi connectivity index (χ3v) is 5.77. The van der Waals surface area contributed by atoms with Gasteiger partial charge in [-0.2, -0.15) is 4.31 Å². The number of hydrogen-bond acceptors (Lipinski definition) is 4. The van der Waals surface area contributed by atoms with Crippen molar-refractivity contribution in [1.29, 1.82) is 0 Å². The van der Waals surface area contributed by atoms with Gasteiger partial charge >= 0.3 is 0 Å². The summed E-state index contributed by atoms with van der Waals surface area (Å²) in [4.78, 5) is 6.15. The van der Waals surface area contributed by atoms with Crippen LogP contribution in [-0.4, -0.2) is 60.4 Å². The predicted molar refractivity (Wildman–Crippen MR) is 73.7 cm³/mol. The van der Waals surface area contributed by atoms with Crippen molar-refractivity contribution in [1.82, 2.24) is 18.8 Å². The SMILES string of the molecule is CN(CCN1CCCC1)S(=O)(=O)c1ncn(C)c1Cl. The van der Waals surface area contributed by atoms with Crippen LogP contribution in [0.1, 0.15) is 12.8 Å². The molecule has 0 N–H and O–H groups in total. The van der Waals surface area contributed by atoms with E-state index in [0.29, 0.717) is 6.54 Å². The number of rotatable bonds is 5. The van der Waals surface area contributed by atoms with E-state index in [9.17, 15) is 8.42 Å². The summed E-state index contributed by atoms with van der Waals surface area (Å²) in [6, 6.07) is 0. The zero-order valence-electron chi connectivity index (χ0n) is 11.2. The second-order valence-electron chi connectivity index (χ2n) is 4.83. The van der Waals surface area contributed by atoms with Crippen molar-refractivity contribution in [2.45, 2.75) is 17.9 Å². The molecule has 0 aromatic carbocycles. The Kier molecular flexibility index (Phi) is 4.50. The molecule has 2 heterocycles. The van der Waals surface area contributed by atoms with Gasteiger partial charge in [-0.25, -0.2) is 13.4 Å². The number of halogens is 1. The van der Waals surface area contributed by atoms with Gasteiger partial charge in [-0.1, -0.05) is 11.6 Å². The van der Waals surface area contributed by atoms with Crippen LogP contribution in [0.25, 0.3) is 0 Å². The minimum atomic E-state index is -3.60. The van der Waals surface area contributed by atoms with Gasteiger partial charge in [-0.05, 0) is 25.9 Å². The Labute approximate surface area is 119 Å². The Morgan fingerprint density at radius 1 is 1.42 bits per heavy atom. The molecule has 0 atom stereocenters. The smallest absolute Gasteiger partial charge is 0.263 e. The maximum Gasteiger partial charge on any atom is 0.263 e. The van der Waals surface area contributed by atoms with E-state index in [1.54, 1.807) is 14.1 Å². The van der Waals surface area contributed by atoms with Crippen LogP contribution in [0.15, 0.2) is 11.4 Å². The summed E-state index contributed by atoms with van der Waals surface area (Å²) in [6.45, 7) is 3.31. The highest BCUT2D eigenvalue weighted by atomic mass is 35.5. The van der Waals surface area contributed by atoms with Gasteiger partial charge in [0.1, 0.15) is 5.15 Å². The van der Waals surface area contributed by atoms with Crippen LogP contribution in [0.4, 0.5) is 0 Å². The number of imidazole rings is 1. The van der Waals surface area contributed by atoms with Crippen LogP contribution in [0.5, 0.6) is 0 Å². The molecule has 1 aliphatic rings. The van der Waals surface area contributed by atoms with Crippen molar-refractivity contribution in [2.75, 3.05) is 33.2 Å². The molecule has 0 amide bonds. The number of likely N-dealkylation sites (tertiary alicyclic amines) is 1. The highest BCUT2D eigenvalue weighted by Gasteiger charge is 2.27. The Morgan fingerprint density at radius 3 is 2.58 bits per heavy atom. The first-order chi connectivity index (χ1) is 8.93. The van der Waals surface area contributed by atoms with Crippen molar-refractivity contribution < 1.29 is 8.42 Å². The molecule has 0 spiro atoms. The van der Waals surface area contributed by atoms with Crippen LogP contribution < -0.4 is 0 Å². The molecule has 8 heteroatoms. The van der Waals surface area contributed by atoms with Crippen LogP contribution in [0.3, 0.4) is 0 Å². The number of nitrogens with zero attached hydrogens (tertiary/aromatic N) is 4. The number of likely N-dealkylation sites (N-methyl/N-ethyl adjacent to an activating group) is 1. The second-order valence-corrected chi connectivity index (χ2v) is 7.14. The van der Waals surface area contributed by atoms with E-state index in [4.69, 9.17) is 11.6 Å². The van der Waals surface area contributed by atoms with Crippen molar-refractivity contribution in [2.24, 2.45) is 7.05 Å². The summed E-state index contributed by atoms with van der Waals surface area (Å²) in [5, 5.41) is 0.0774. The molecule has 1 aliphatic heterocycles. The van der Waals surface area contributed by atoms with E-state index in [2.05, 4.69) is 9.88 Å². The van der Waals surface area contributed by atoms with Gasteiger partial charge in [-0.3, -0.25) is 0 Å². The molecule has 0 radical (unpaired) electrons. The van der Waals surface area contributed by atoms with Gasteiger partial charge in [0.05, 0.1) is 6.33 Å². The quantitative estimate of drug-likeness (QED) is 0.807. The maximum absolute atomic E-state index is 12.3. The van der Waals surface area contributed by atoms with Gasteiger partial charge in [-0.15, -0.1) is 0 Å². The van der Waals surface area contributed by atoms with Crippen molar-refractivity contribution in [3.8, 4) is 0 Å². The molecule has 1 saturated heterocycles. The lowest BCUT2D eigenvalue weighted by molar-refractivity contribution is 0.309. The summed E-state index contributed by atoms with van der Waals surface area (Å²) in [6.07, 6.45) is 3.80. The largest absolute Gasteiger partial charge is 0.324 e. The predicted octanol–water partition coefficient (Wildman–Crippen LogP) is 0.790. The van der Waals surface area contributed by atoms with Crippen LogP contribution >= 0.6 is 11.6 Å². The van der Waals surface area contributed by atoms with Gasteiger partial charge in [0.25, 0.3) is 10.0 Å². The van der Waals surface area contributed by atoms with Gasteiger partial charge in [0.2, 0.25) is 5.03 Å². The topological polar surface area (TPSA) is 58.4 Å². The summed E-state index contributed by atoms with van der Waals surface area (Å²) >= 11 is 5.95. The van der Waals surface area contributed by atoms with Crippen molar-refractivity contribution in [3.05, 3.63) is 11.5 Å². The summed E-state index contributed by atoms with van der Waals surface area (Å²) in [7, 11) is -0.367. The van der Waals surface area contributed by atoms with E-state index in [0.717, 1.165) is 19.6 Å². The fourth-order valence-electron chi connectivity index (χ4n) is 2.12. The maximum atomic E-state index is 12.3. The average Bonchev–Trinajstić information content (AvgIpc) is 2.98. The molecule has 1 fully saturated rings. The second kappa shape index (κ2) is 5.78. The fourth-order valence-corrected chi connectivity index (χ4v) is 3.66. The Balaban J connectivity index is 2.04. The van der Waals surface area contributed by atoms with E-state index in [1.807, 2.05) is 0 Å². The zero-order valence-corrected chi connectivity index (χ0v) is 12.8. The molecule has 1 aromatic rings. The Hall–Kier alpha value is -0.630. The molecule has 0 bridgehead atoms. The van der Waals surface area contributed by atoms with Gasteiger partial charge in [0, 0.05) is 27.2 Å². The summed E-state index contributed by atoms with van der Waals surface area (Å²) < 4.78 is 27.4. The number of aryl methyl sites for hydroxylation is 1. The molecule has 0 aliphatic carbocycles. The molecular formula is C11H19ClN4O2S. The average molecular weight is 307 g/mol. The van der Waals surface area contributed by atoms with Crippen molar-refractivity contribution >= 4 is 21.6 Å². The molecule has 1 aromatic heterocycles. The van der Waals surface area contributed by atoms with Crippen LogP contribution in [0, 0.1) is 0 Å². The summed E-state index contributed by atoms with van der Waals surface area (Å²) in [5.74, 6) is 0. The highest BCUT2D eigenvalue weighted by molar-refractivity contribution is 7.89. The molecule has 0 unspecified atom stereocenters. The first-order valence-electron chi connectivity index (χ1n) is 6.28. The Morgan fingerprint density at radius 2 is 2.05 bits per heavy atom. The zero-order chi connectivity index (χ0) is 14.0. The standard InChI is InChI=1S/C11H19ClN4O2S/c1-14-9-13-11(10(14)12)19(17,18)15(2)7-8-16-5-3-4-6-16/h9H,3-8H2,1-2H3. The minimum Gasteiger partial charge on any atom is -0.324 e. The number of sulfonamides is 1. The normalized spacial score (nSPS) is 17.5. The Bertz CT molecular complexity index is 537. The first-order valence-corrected chi connectivity index (χ1v) is 8.10. The first kappa shape index (κ1) is 14.8. The third kappa shape index (κ3) is 3.10. The van der Waals surface area contributed by atoms with E-state index in [-0.39, 0.29) is 10.2 Å². The lowest BCUT2D eigenvalue weighted by Crippen LogP contribution is -2.35. The molecule has 2 rings (SSSR count). The minimum absolute atomic E-state index is 0.0689. The fraction of sp³-hybridized carbons (Fsp3) is 0.727. The number of aromatic nitrogens is 2. The molecule has 6 nitrogen and oxygen atoms in total. The van der Waals surface area contributed by atoms with Crippen molar-refractivity contribution in [3.63, 3.8) is 0 Å². The monoisotopic (exact) mass is 306 g/mol. The molecule has 0 saturated carbocycles. The van der Waals surface area contributed by atoms with E-state index >= 15 is 0 Å². The molecular weight excluding hydrogens is 288 g/mol. The van der Waals surface area contributed by atoms with E-state index in [1.165, 1.54) is 28.0 Å². The lowest BCUT2D eigenvalue weighted by Gasteiger charge is -2.20. The van der Waals surface area contributed by atoms with Crippen LogP contribution in [-0.2, 0) is 17.1 Å². The summed E-state index contributed by atoms with van der Waals surface area (Å²) in [5.41, 5.74) is 0. The lowest BCUT2D eigenvalue weighted by atomic mass is 10.4.